The molecular formula is C13H26N2O3S. The fourth-order valence-electron chi connectivity index (χ4n) is 2.72. The summed E-state index contributed by atoms with van der Waals surface area (Å²) in [5, 5.41) is 0. The van der Waals surface area contributed by atoms with Gasteiger partial charge in [-0.2, -0.15) is 0 Å². The van der Waals surface area contributed by atoms with Crippen LogP contribution < -0.4 is 5.73 Å². The van der Waals surface area contributed by atoms with Crippen LogP contribution in [0.4, 0.5) is 0 Å². The first-order valence-corrected chi connectivity index (χ1v) is 8.83. The van der Waals surface area contributed by atoms with E-state index in [1.54, 1.807) is 4.90 Å². The Hall–Kier alpha value is -0.620. The highest BCUT2D eigenvalue weighted by molar-refractivity contribution is 7.91. The van der Waals surface area contributed by atoms with E-state index >= 15 is 0 Å². The van der Waals surface area contributed by atoms with Gasteiger partial charge in [0.1, 0.15) is 0 Å². The summed E-state index contributed by atoms with van der Waals surface area (Å²) in [4.78, 5) is 14.2. The molecule has 1 heterocycles. The molecule has 2 atom stereocenters. The molecule has 0 aromatic rings. The van der Waals surface area contributed by atoms with Gasteiger partial charge < -0.3 is 10.6 Å². The molecule has 112 valence electrons. The summed E-state index contributed by atoms with van der Waals surface area (Å²) >= 11 is 0. The Balaban J connectivity index is 2.76. The Labute approximate surface area is 116 Å². The van der Waals surface area contributed by atoms with Crippen molar-refractivity contribution in [2.75, 3.05) is 24.6 Å². The lowest BCUT2D eigenvalue weighted by Crippen LogP contribution is -2.46. The maximum absolute atomic E-state index is 12.5. The SMILES string of the molecule is CCN(C(=O)C(CN)CC(C)C)C1CCS(=O)(=O)C1. The summed E-state index contributed by atoms with van der Waals surface area (Å²) in [6, 6.07) is -0.163. The average Bonchev–Trinajstić information content (AvgIpc) is 2.67. The molecule has 19 heavy (non-hydrogen) atoms. The van der Waals surface area contributed by atoms with Gasteiger partial charge >= 0.3 is 0 Å². The molecule has 1 fully saturated rings. The van der Waals surface area contributed by atoms with Gasteiger partial charge in [-0.15, -0.1) is 0 Å². The van der Waals surface area contributed by atoms with Crippen molar-refractivity contribution in [3.63, 3.8) is 0 Å². The van der Waals surface area contributed by atoms with E-state index in [0.717, 1.165) is 6.42 Å². The van der Waals surface area contributed by atoms with Gasteiger partial charge in [0, 0.05) is 19.1 Å². The lowest BCUT2D eigenvalue weighted by Gasteiger charge is -2.31. The van der Waals surface area contributed by atoms with Gasteiger partial charge in [0.05, 0.1) is 17.4 Å². The summed E-state index contributed by atoms with van der Waals surface area (Å²) in [7, 11) is -2.96. The molecule has 1 aliphatic rings. The molecule has 0 radical (unpaired) electrons. The van der Waals surface area contributed by atoms with Crippen molar-refractivity contribution in [3.05, 3.63) is 0 Å². The van der Waals surface area contributed by atoms with Crippen LogP contribution in [-0.4, -0.2) is 49.9 Å². The fraction of sp³-hybridized carbons (Fsp3) is 0.923. The minimum atomic E-state index is -2.96. The number of nitrogens with two attached hydrogens (primary N) is 1. The standard InChI is InChI=1S/C13H26N2O3S/c1-4-15(12-5-6-19(17,18)9-12)13(16)11(8-14)7-10(2)3/h10-12H,4-9,14H2,1-3H3. The van der Waals surface area contributed by atoms with E-state index in [9.17, 15) is 13.2 Å². The molecule has 0 aromatic heterocycles. The monoisotopic (exact) mass is 290 g/mol. The van der Waals surface area contributed by atoms with Crippen molar-refractivity contribution in [3.8, 4) is 0 Å². The van der Waals surface area contributed by atoms with E-state index in [1.807, 2.05) is 6.92 Å². The predicted octanol–water partition coefficient (Wildman–Crippen LogP) is 0.643. The molecule has 6 heteroatoms. The second kappa shape index (κ2) is 6.70. The molecule has 2 N–H and O–H groups in total. The van der Waals surface area contributed by atoms with E-state index in [4.69, 9.17) is 5.73 Å². The molecule has 1 rings (SSSR count). The van der Waals surface area contributed by atoms with Crippen LogP contribution in [0.2, 0.25) is 0 Å². The van der Waals surface area contributed by atoms with Gasteiger partial charge in [0.15, 0.2) is 9.84 Å². The fourth-order valence-corrected chi connectivity index (χ4v) is 4.45. The van der Waals surface area contributed by atoms with E-state index in [0.29, 0.717) is 25.4 Å². The van der Waals surface area contributed by atoms with Gasteiger partial charge in [-0.3, -0.25) is 4.79 Å². The van der Waals surface area contributed by atoms with Crippen LogP contribution in [0.3, 0.4) is 0 Å². The molecule has 1 aliphatic heterocycles. The summed E-state index contributed by atoms with van der Waals surface area (Å²) in [5.41, 5.74) is 5.70. The molecule has 0 aromatic carbocycles. The van der Waals surface area contributed by atoms with Crippen LogP contribution in [0.5, 0.6) is 0 Å². The summed E-state index contributed by atoms with van der Waals surface area (Å²) < 4.78 is 23.1. The third-order valence-electron chi connectivity index (χ3n) is 3.66. The van der Waals surface area contributed by atoms with Crippen molar-refractivity contribution in [1.82, 2.24) is 4.90 Å². The van der Waals surface area contributed by atoms with Crippen molar-refractivity contribution >= 4 is 15.7 Å². The Bertz CT molecular complexity index is 406. The van der Waals surface area contributed by atoms with E-state index in [1.165, 1.54) is 0 Å². The van der Waals surface area contributed by atoms with E-state index in [-0.39, 0.29) is 29.4 Å². The maximum Gasteiger partial charge on any atom is 0.227 e. The van der Waals surface area contributed by atoms with Gasteiger partial charge in [-0.25, -0.2) is 8.42 Å². The van der Waals surface area contributed by atoms with Crippen LogP contribution in [0.1, 0.15) is 33.6 Å². The molecule has 0 bridgehead atoms. The first-order valence-electron chi connectivity index (χ1n) is 7.01. The Morgan fingerprint density at radius 3 is 2.42 bits per heavy atom. The topological polar surface area (TPSA) is 80.5 Å². The van der Waals surface area contributed by atoms with E-state index < -0.39 is 9.84 Å². The Morgan fingerprint density at radius 1 is 1.42 bits per heavy atom. The second-order valence-electron chi connectivity index (χ2n) is 5.74. The highest BCUT2D eigenvalue weighted by Crippen LogP contribution is 2.21. The van der Waals surface area contributed by atoms with Gasteiger partial charge in [0.25, 0.3) is 0 Å². The molecule has 2 unspecified atom stereocenters. The number of rotatable bonds is 6. The van der Waals surface area contributed by atoms with Gasteiger partial charge in [-0.05, 0) is 25.7 Å². The molecular weight excluding hydrogens is 264 g/mol. The van der Waals surface area contributed by atoms with Crippen molar-refractivity contribution in [2.45, 2.75) is 39.7 Å². The largest absolute Gasteiger partial charge is 0.339 e. The minimum Gasteiger partial charge on any atom is -0.339 e. The molecule has 0 saturated carbocycles. The van der Waals surface area contributed by atoms with Gasteiger partial charge in [0.2, 0.25) is 5.91 Å². The van der Waals surface area contributed by atoms with Gasteiger partial charge in [-0.1, -0.05) is 13.8 Å². The third-order valence-corrected chi connectivity index (χ3v) is 5.41. The van der Waals surface area contributed by atoms with Crippen molar-refractivity contribution in [2.24, 2.45) is 17.6 Å². The molecule has 0 spiro atoms. The average molecular weight is 290 g/mol. The lowest BCUT2D eigenvalue weighted by atomic mass is 9.95. The second-order valence-corrected chi connectivity index (χ2v) is 7.97. The Kier molecular flexibility index (Phi) is 5.80. The third kappa shape index (κ3) is 4.45. The number of amides is 1. The highest BCUT2D eigenvalue weighted by Gasteiger charge is 2.35. The highest BCUT2D eigenvalue weighted by atomic mass is 32.2. The Morgan fingerprint density at radius 2 is 2.05 bits per heavy atom. The van der Waals surface area contributed by atoms with Crippen LogP contribution in [0, 0.1) is 11.8 Å². The zero-order chi connectivity index (χ0) is 14.6. The normalized spacial score (nSPS) is 23.5. The van der Waals surface area contributed by atoms with Crippen LogP contribution >= 0.6 is 0 Å². The van der Waals surface area contributed by atoms with Crippen LogP contribution in [0.15, 0.2) is 0 Å². The summed E-state index contributed by atoms with van der Waals surface area (Å²) in [5.74, 6) is 0.525. The zero-order valence-corrected chi connectivity index (χ0v) is 12.9. The molecule has 1 saturated heterocycles. The number of carbonyl (C=O) groups excluding carboxylic acids is 1. The van der Waals surface area contributed by atoms with Crippen molar-refractivity contribution in [1.29, 1.82) is 0 Å². The number of hydrogen-bond acceptors (Lipinski definition) is 4. The smallest absolute Gasteiger partial charge is 0.227 e. The van der Waals surface area contributed by atoms with Crippen LogP contribution in [-0.2, 0) is 14.6 Å². The number of hydrogen-bond donors (Lipinski definition) is 1. The van der Waals surface area contributed by atoms with Crippen molar-refractivity contribution < 1.29 is 13.2 Å². The number of sulfone groups is 1. The molecule has 0 aliphatic carbocycles. The number of nitrogens with zero attached hydrogens (tertiary/aromatic N) is 1. The first-order chi connectivity index (χ1) is 8.80. The predicted molar refractivity (Wildman–Crippen MR) is 76.4 cm³/mol. The first kappa shape index (κ1) is 16.4. The summed E-state index contributed by atoms with van der Waals surface area (Å²) in [6.45, 7) is 6.89. The summed E-state index contributed by atoms with van der Waals surface area (Å²) in [6.07, 6.45) is 1.31. The lowest BCUT2D eigenvalue weighted by molar-refractivity contribution is -0.137. The van der Waals surface area contributed by atoms with Crippen LogP contribution in [0.25, 0.3) is 0 Å². The molecule has 1 amide bonds. The molecule has 5 nitrogen and oxygen atoms in total. The maximum atomic E-state index is 12.5. The minimum absolute atomic E-state index is 0.0146. The quantitative estimate of drug-likeness (QED) is 0.778. The van der Waals surface area contributed by atoms with E-state index in [2.05, 4.69) is 13.8 Å². The number of carbonyl (C=O) groups is 1. The zero-order valence-electron chi connectivity index (χ0n) is 12.1.